The second kappa shape index (κ2) is 6.74. The SMILES string of the molecule is COCCc1nc(Cl)c(CO)n1Cc1ccc(N)cc1. The van der Waals surface area contributed by atoms with Crippen LogP contribution in [0.15, 0.2) is 24.3 Å². The van der Waals surface area contributed by atoms with Gasteiger partial charge in [-0.25, -0.2) is 4.98 Å². The van der Waals surface area contributed by atoms with Crippen molar-refractivity contribution in [3.63, 3.8) is 0 Å². The van der Waals surface area contributed by atoms with Crippen molar-refractivity contribution in [2.45, 2.75) is 19.6 Å². The molecule has 5 nitrogen and oxygen atoms in total. The van der Waals surface area contributed by atoms with E-state index in [1.165, 1.54) is 0 Å². The quantitative estimate of drug-likeness (QED) is 0.798. The van der Waals surface area contributed by atoms with Crippen molar-refractivity contribution in [1.82, 2.24) is 9.55 Å². The van der Waals surface area contributed by atoms with Crippen molar-refractivity contribution in [2.24, 2.45) is 0 Å². The molecule has 0 spiro atoms. The highest BCUT2D eigenvalue weighted by Crippen LogP contribution is 2.20. The van der Waals surface area contributed by atoms with Crippen LogP contribution in [-0.2, 0) is 24.3 Å². The van der Waals surface area contributed by atoms with E-state index in [2.05, 4.69) is 4.98 Å². The zero-order valence-corrected chi connectivity index (χ0v) is 12.1. The van der Waals surface area contributed by atoms with Gasteiger partial charge in [-0.1, -0.05) is 23.7 Å². The van der Waals surface area contributed by atoms with E-state index in [0.29, 0.717) is 30.4 Å². The predicted molar refractivity (Wildman–Crippen MR) is 78.7 cm³/mol. The van der Waals surface area contributed by atoms with Gasteiger partial charge in [-0.15, -0.1) is 0 Å². The smallest absolute Gasteiger partial charge is 0.152 e. The lowest BCUT2D eigenvalue weighted by Gasteiger charge is -2.11. The summed E-state index contributed by atoms with van der Waals surface area (Å²) in [6.07, 6.45) is 0.644. The van der Waals surface area contributed by atoms with E-state index in [9.17, 15) is 5.11 Å². The third kappa shape index (κ3) is 3.30. The summed E-state index contributed by atoms with van der Waals surface area (Å²) in [7, 11) is 1.64. The monoisotopic (exact) mass is 295 g/mol. The lowest BCUT2D eigenvalue weighted by Crippen LogP contribution is -2.11. The third-order valence-corrected chi connectivity index (χ3v) is 3.41. The number of aliphatic hydroxyl groups is 1. The number of ether oxygens (including phenoxy) is 1. The average Bonchev–Trinajstić information content (AvgIpc) is 2.74. The van der Waals surface area contributed by atoms with E-state index in [1.807, 2.05) is 28.8 Å². The third-order valence-electron chi connectivity index (χ3n) is 3.10. The van der Waals surface area contributed by atoms with Crippen LogP contribution >= 0.6 is 11.6 Å². The van der Waals surface area contributed by atoms with Gasteiger partial charge in [0.1, 0.15) is 5.82 Å². The van der Waals surface area contributed by atoms with Crippen molar-refractivity contribution in [3.8, 4) is 0 Å². The summed E-state index contributed by atoms with van der Waals surface area (Å²) in [6.45, 7) is 1.00. The summed E-state index contributed by atoms with van der Waals surface area (Å²) in [5.74, 6) is 0.803. The minimum atomic E-state index is -0.145. The number of anilines is 1. The Hall–Kier alpha value is -1.56. The van der Waals surface area contributed by atoms with Crippen molar-refractivity contribution in [3.05, 3.63) is 46.5 Å². The molecule has 1 aromatic heterocycles. The lowest BCUT2D eigenvalue weighted by molar-refractivity contribution is 0.199. The van der Waals surface area contributed by atoms with Crippen LogP contribution in [0.5, 0.6) is 0 Å². The first kappa shape index (κ1) is 14.8. The molecule has 0 radical (unpaired) electrons. The molecule has 1 aromatic carbocycles. The number of hydrogen-bond acceptors (Lipinski definition) is 4. The van der Waals surface area contributed by atoms with Gasteiger partial charge in [0.15, 0.2) is 5.15 Å². The van der Waals surface area contributed by atoms with Gasteiger partial charge >= 0.3 is 0 Å². The van der Waals surface area contributed by atoms with Gasteiger partial charge < -0.3 is 20.1 Å². The van der Waals surface area contributed by atoms with Crippen molar-refractivity contribution < 1.29 is 9.84 Å². The van der Waals surface area contributed by atoms with E-state index in [0.717, 1.165) is 17.1 Å². The zero-order valence-electron chi connectivity index (χ0n) is 11.3. The van der Waals surface area contributed by atoms with Crippen LogP contribution in [0.2, 0.25) is 5.15 Å². The minimum Gasteiger partial charge on any atom is -0.399 e. The number of nitrogens with zero attached hydrogens (tertiary/aromatic N) is 2. The summed E-state index contributed by atoms with van der Waals surface area (Å²) in [5.41, 5.74) is 8.09. The van der Waals surface area contributed by atoms with Crippen LogP contribution in [0.4, 0.5) is 5.69 Å². The van der Waals surface area contributed by atoms with Crippen LogP contribution in [0.3, 0.4) is 0 Å². The number of halogens is 1. The molecule has 1 heterocycles. The molecule has 0 aliphatic rings. The molecule has 0 atom stereocenters. The second-order valence-electron chi connectivity index (χ2n) is 4.49. The molecule has 0 amide bonds. The molecule has 2 rings (SSSR count). The van der Waals surface area contributed by atoms with Crippen molar-refractivity contribution >= 4 is 17.3 Å². The Kier molecular flexibility index (Phi) is 5.00. The first-order valence-corrected chi connectivity index (χ1v) is 6.71. The van der Waals surface area contributed by atoms with Crippen molar-refractivity contribution in [2.75, 3.05) is 19.5 Å². The number of rotatable bonds is 6. The summed E-state index contributed by atoms with van der Waals surface area (Å²) >= 11 is 6.07. The molecule has 0 aliphatic carbocycles. The normalized spacial score (nSPS) is 10.9. The van der Waals surface area contributed by atoms with Crippen LogP contribution in [0.25, 0.3) is 0 Å². The van der Waals surface area contributed by atoms with Gasteiger partial charge in [0.05, 0.1) is 18.9 Å². The van der Waals surface area contributed by atoms with E-state index >= 15 is 0 Å². The zero-order chi connectivity index (χ0) is 14.5. The fourth-order valence-corrected chi connectivity index (χ4v) is 2.29. The molecule has 3 N–H and O–H groups in total. The Balaban J connectivity index is 2.30. The fraction of sp³-hybridized carbons (Fsp3) is 0.357. The molecule has 0 fully saturated rings. The minimum absolute atomic E-state index is 0.145. The first-order valence-electron chi connectivity index (χ1n) is 6.33. The molecule has 108 valence electrons. The molecule has 0 unspecified atom stereocenters. The van der Waals surface area contributed by atoms with E-state index in [4.69, 9.17) is 22.1 Å². The van der Waals surface area contributed by atoms with Crippen LogP contribution in [-0.4, -0.2) is 28.4 Å². The Morgan fingerprint density at radius 1 is 1.35 bits per heavy atom. The molecule has 0 saturated heterocycles. The molecule has 2 aromatic rings. The number of imidazole rings is 1. The Labute approximate surface area is 123 Å². The summed E-state index contributed by atoms with van der Waals surface area (Å²) in [4.78, 5) is 4.30. The Morgan fingerprint density at radius 3 is 2.65 bits per heavy atom. The summed E-state index contributed by atoms with van der Waals surface area (Å²) < 4.78 is 7.00. The average molecular weight is 296 g/mol. The van der Waals surface area contributed by atoms with Gasteiger partial charge in [-0.05, 0) is 17.7 Å². The van der Waals surface area contributed by atoms with Gasteiger partial charge in [0.25, 0.3) is 0 Å². The summed E-state index contributed by atoms with van der Waals surface area (Å²) in [6, 6.07) is 7.59. The lowest BCUT2D eigenvalue weighted by atomic mass is 10.2. The number of hydrogen-bond donors (Lipinski definition) is 2. The molecular formula is C14H18ClN3O2. The standard InChI is InChI=1S/C14H18ClN3O2/c1-20-7-6-13-17-14(15)12(9-19)18(13)8-10-2-4-11(16)5-3-10/h2-5,19H,6-9,16H2,1H3. The van der Waals surface area contributed by atoms with Gasteiger partial charge in [-0.3, -0.25) is 0 Å². The van der Waals surface area contributed by atoms with E-state index in [-0.39, 0.29) is 6.61 Å². The largest absolute Gasteiger partial charge is 0.399 e. The van der Waals surface area contributed by atoms with Crippen LogP contribution in [0, 0.1) is 0 Å². The van der Waals surface area contributed by atoms with Gasteiger partial charge in [0.2, 0.25) is 0 Å². The fourth-order valence-electron chi connectivity index (χ4n) is 2.03. The highest BCUT2D eigenvalue weighted by atomic mass is 35.5. The number of nitrogens with two attached hydrogens (primary N) is 1. The number of aromatic nitrogens is 2. The van der Waals surface area contributed by atoms with E-state index < -0.39 is 0 Å². The second-order valence-corrected chi connectivity index (χ2v) is 4.85. The van der Waals surface area contributed by atoms with Gasteiger partial charge in [-0.2, -0.15) is 0 Å². The maximum atomic E-state index is 9.46. The topological polar surface area (TPSA) is 73.3 Å². The molecule has 20 heavy (non-hydrogen) atoms. The Bertz CT molecular complexity index is 567. The van der Waals surface area contributed by atoms with Crippen LogP contribution in [0.1, 0.15) is 17.1 Å². The summed E-state index contributed by atoms with van der Waals surface area (Å²) in [5, 5.41) is 9.81. The first-order chi connectivity index (χ1) is 9.65. The number of methoxy groups -OCH3 is 1. The maximum absolute atomic E-state index is 9.46. The van der Waals surface area contributed by atoms with Crippen LogP contribution < -0.4 is 5.73 Å². The molecule has 0 aliphatic heterocycles. The Morgan fingerprint density at radius 2 is 2.05 bits per heavy atom. The molecule has 0 saturated carbocycles. The number of nitrogen functional groups attached to an aromatic ring is 1. The molecular weight excluding hydrogens is 278 g/mol. The molecule has 0 bridgehead atoms. The number of aliphatic hydroxyl groups excluding tert-OH is 1. The van der Waals surface area contributed by atoms with Crippen molar-refractivity contribution in [1.29, 1.82) is 0 Å². The highest BCUT2D eigenvalue weighted by molar-refractivity contribution is 6.30. The maximum Gasteiger partial charge on any atom is 0.152 e. The van der Waals surface area contributed by atoms with E-state index in [1.54, 1.807) is 7.11 Å². The van der Waals surface area contributed by atoms with Gasteiger partial charge in [0, 0.05) is 25.8 Å². The highest BCUT2D eigenvalue weighted by Gasteiger charge is 2.15. The molecule has 6 heteroatoms. The predicted octanol–water partition coefficient (Wildman–Crippen LogP) is 1.85. The number of benzene rings is 1.